The van der Waals surface area contributed by atoms with Crippen LogP contribution in [-0.2, 0) is 9.53 Å². The fraction of sp³-hybridized carbons (Fsp3) is 0.0952. The van der Waals surface area contributed by atoms with Crippen molar-refractivity contribution >= 4 is 39.1 Å². The molecule has 1 N–H and O–H groups in total. The van der Waals surface area contributed by atoms with E-state index in [4.69, 9.17) is 9.15 Å². The van der Waals surface area contributed by atoms with Gasteiger partial charge < -0.3 is 14.5 Å². The average molecular weight is 410 g/mol. The summed E-state index contributed by atoms with van der Waals surface area (Å²) < 4.78 is 25.3. The maximum absolute atomic E-state index is 13.8. The Morgan fingerprint density at radius 3 is 2.79 bits per heavy atom. The molecule has 146 valence electrons. The molecule has 0 atom stereocenters. The third-order valence-electron chi connectivity index (χ3n) is 4.04. The number of nitrogens with one attached hydrogen (secondary N) is 1. The number of halogens is 1. The Labute approximate surface area is 168 Å². The van der Waals surface area contributed by atoms with Crippen LogP contribution in [0.5, 0.6) is 0 Å². The van der Waals surface area contributed by atoms with Gasteiger partial charge in [-0.15, -0.1) is 11.3 Å². The van der Waals surface area contributed by atoms with Gasteiger partial charge in [-0.3, -0.25) is 4.79 Å². The van der Waals surface area contributed by atoms with Gasteiger partial charge in [-0.2, -0.15) is 0 Å². The molecule has 2 heterocycles. The fourth-order valence-corrected chi connectivity index (χ4v) is 3.58. The van der Waals surface area contributed by atoms with Crippen LogP contribution in [0.1, 0.15) is 16.1 Å². The van der Waals surface area contributed by atoms with Crippen molar-refractivity contribution in [2.45, 2.75) is 6.92 Å². The van der Waals surface area contributed by atoms with Gasteiger partial charge in [0.1, 0.15) is 5.82 Å². The minimum absolute atomic E-state index is 0.0211. The van der Waals surface area contributed by atoms with Gasteiger partial charge in [0.15, 0.2) is 17.4 Å². The molecule has 0 saturated heterocycles. The van der Waals surface area contributed by atoms with E-state index in [1.54, 1.807) is 19.1 Å². The van der Waals surface area contributed by atoms with E-state index in [2.05, 4.69) is 10.3 Å². The monoisotopic (exact) mass is 410 g/mol. The van der Waals surface area contributed by atoms with Gasteiger partial charge in [-0.25, -0.2) is 14.2 Å². The zero-order chi connectivity index (χ0) is 20.4. The minimum Gasteiger partial charge on any atom is -0.450 e. The number of furan rings is 1. The van der Waals surface area contributed by atoms with E-state index in [0.717, 1.165) is 15.8 Å². The van der Waals surface area contributed by atoms with Gasteiger partial charge in [0.2, 0.25) is 5.76 Å². The van der Waals surface area contributed by atoms with Crippen LogP contribution in [0, 0.1) is 12.7 Å². The molecule has 29 heavy (non-hydrogen) atoms. The van der Waals surface area contributed by atoms with E-state index in [0.29, 0.717) is 10.8 Å². The van der Waals surface area contributed by atoms with Gasteiger partial charge in [-0.05, 0) is 48.9 Å². The lowest BCUT2D eigenvalue weighted by Crippen LogP contribution is -2.21. The number of carbonyl (C=O) groups excluding carboxylic acids is 2. The van der Waals surface area contributed by atoms with Gasteiger partial charge in [0.25, 0.3) is 5.91 Å². The summed E-state index contributed by atoms with van der Waals surface area (Å²) in [4.78, 5) is 28.5. The highest BCUT2D eigenvalue weighted by atomic mass is 32.1. The van der Waals surface area contributed by atoms with Crippen molar-refractivity contribution in [3.05, 3.63) is 71.7 Å². The Morgan fingerprint density at radius 2 is 2.00 bits per heavy atom. The highest BCUT2D eigenvalue weighted by molar-refractivity contribution is 7.21. The molecule has 1 amide bonds. The van der Waals surface area contributed by atoms with Crippen LogP contribution in [0.25, 0.3) is 21.0 Å². The van der Waals surface area contributed by atoms with E-state index in [1.807, 2.05) is 24.3 Å². The quantitative estimate of drug-likeness (QED) is 0.478. The summed E-state index contributed by atoms with van der Waals surface area (Å²) in [6.07, 6.45) is 0. The minimum atomic E-state index is -0.795. The number of thiazole rings is 1. The number of para-hydroxylation sites is 1. The summed E-state index contributed by atoms with van der Waals surface area (Å²) >= 11 is 1.44. The molecule has 0 spiro atoms. The van der Waals surface area contributed by atoms with Crippen molar-refractivity contribution in [3.63, 3.8) is 0 Å². The first-order valence-electron chi connectivity index (χ1n) is 8.68. The summed E-state index contributed by atoms with van der Waals surface area (Å²) in [5, 5.41) is 3.00. The third-order valence-corrected chi connectivity index (χ3v) is 5.10. The molecular weight excluding hydrogens is 395 g/mol. The van der Waals surface area contributed by atoms with Crippen molar-refractivity contribution in [1.82, 2.24) is 4.98 Å². The zero-order valence-electron chi connectivity index (χ0n) is 15.3. The average Bonchev–Trinajstić information content (AvgIpc) is 3.35. The smallest absolute Gasteiger partial charge is 0.374 e. The molecule has 0 aliphatic heterocycles. The zero-order valence-corrected chi connectivity index (χ0v) is 16.1. The predicted molar refractivity (Wildman–Crippen MR) is 107 cm³/mol. The van der Waals surface area contributed by atoms with Crippen LogP contribution in [-0.4, -0.2) is 23.5 Å². The number of rotatable bonds is 5. The number of esters is 1. The van der Waals surface area contributed by atoms with Gasteiger partial charge >= 0.3 is 5.97 Å². The highest BCUT2D eigenvalue weighted by Gasteiger charge is 2.17. The number of ether oxygens (including phenoxy) is 1. The molecular formula is C21H15FN2O4S. The molecule has 4 aromatic rings. The van der Waals surface area contributed by atoms with E-state index in [1.165, 1.54) is 29.5 Å². The lowest BCUT2D eigenvalue weighted by Gasteiger charge is -2.07. The second kappa shape index (κ2) is 7.84. The topological polar surface area (TPSA) is 81.4 Å². The fourth-order valence-electron chi connectivity index (χ4n) is 2.65. The van der Waals surface area contributed by atoms with Crippen LogP contribution in [0.3, 0.4) is 0 Å². The molecule has 2 aromatic heterocycles. The van der Waals surface area contributed by atoms with E-state index in [9.17, 15) is 14.0 Å². The number of aryl methyl sites for hydroxylation is 1. The van der Waals surface area contributed by atoms with E-state index < -0.39 is 24.3 Å². The first-order valence-corrected chi connectivity index (χ1v) is 9.50. The summed E-state index contributed by atoms with van der Waals surface area (Å²) in [6, 6.07) is 15.1. The van der Waals surface area contributed by atoms with Crippen molar-refractivity contribution in [1.29, 1.82) is 0 Å². The number of aromatic nitrogens is 1. The standard InChI is InChI=1S/C21H15FN2O4S/c1-12-6-7-14(13(22)10-12)23-19(25)11-27-21(26)17-9-8-16(28-17)20-24-15-4-2-3-5-18(15)29-20/h2-10H,11H2,1H3,(H,23,25). The maximum atomic E-state index is 13.8. The molecule has 0 aliphatic carbocycles. The third kappa shape index (κ3) is 4.17. The summed E-state index contributed by atoms with van der Waals surface area (Å²) in [5.41, 5.74) is 1.59. The number of anilines is 1. The van der Waals surface area contributed by atoms with Crippen LogP contribution >= 0.6 is 11.3 Å². The van der Waals surface area contributed by atoms with Crippen LogP contribution < -0.4 is 5.32 Å². The number of carbonyl (C=O) groups is 2. The van der Waals surface area contributed by atoms with Crippen LogP contribution in [0.4, 0.5) is 10.1 Å². The molecule has 8 heteroatoms. The van der Waals surface area contributed by atoms with Crippen LogP contribution in [0.15, 0.2) is 59.0 Å². The van der Waals surface area contributed by atoms with Crippen molar-refractivity contribution < 1.29 is 23.1 Å². The highest BCUT2D eigenvalue weighted by Crippen LogP contribution is 2.31. The number of fused-ring (bicyclic) bond motifs is 1. The molecule has 0 bridgehead atoms. The van der Waals surface area contributed by atoms with Gasteiger partial charge in [0.05, 0.1) is 15.9 Å². The molecule has 2 aromatic carbocycles. The second-order valence-corrected chi connectivity index (χ2v) is 7.29. The number of hydrogen-bond donors (Lipinski definition) is 1. The Balaban J connectivity index is 1.38. The van der Waals surface area contributed by atoms with E-state index >= 15 is 0 Å². The summed E-state index contributed by atoms with van der Waals surface area (Å²) in [5.74, 6) is -1.62. The first-order chi connectivity index (χ1) is 14.0. The second-order valence-electron chi connectivity index (χ2n) is 6.26. The number of amides is 1. The Kier molecular flexibility index (Phi) is 5.09. The summed E-state index contributed by atoms with van der Waals surface area (Å²) in [7, 11) is 0. The molecule has 0 fully saturated rings. The first kappa shape index (κ1) is 18.8. The summed E-state index contributed by atoms with van der Waals surface area (Å²) in [6.45, 7) is 1.17. The van der Waals surface area contributed by atoms with Gasteiger partial charge in [0, 0.05) is 0 Å². The van der Waals surface area contributed by atoms with Crippen LogP contribution in [0.2, 0.25) is 0 Å². The molecule has 0 radical (unpaired) electrons. The lowest BCUT2D eigenvalue weighted by atomic mass is 10.2. The maximum Gasteiger partial charge on any atom is 0.374 e. The van der Waals surface area contributed by atoms with Gasteiger partial charge in [-0.1, -0.05) is 18.2 Å². The number of nitrogens with zero attached hydrogens (tertiary/aromatic N) is 1. The van der Waals surface area contributed by atoms with Crippen molar-refractivity contribution in [2.24, 2.45) is 0 Å². The molecule has 0 unspecified atom stereocenters. The predicted octanol–water partition coefficient (Wildman–Crippen LogP) is 4.80. The largest absolute Gasteiger partial charge is 0.450 e. The van der Waals surface area contributed by atoms with Crippen molar-refractivity contribution in [2.75, 3.05) is 11.9 Å². The molecule has 4 rings (SSSR count). The SMILES string of the molecule is Cc1ccc(NC(=O)COC(=O)c2ccc(-c3nc4ccccc4s3)o2)c(F)c1. The molecule has 0 aliphatic rings. The molecule has 0 saturated carbocycles. The van der Waals surface area contributed by atoms with Crippen molar-refractivity contribution in [3.8, 4) is 10.8 Å². The molecule has 6 nitrogen and oxygen atoms in total. The number of hydrogen-bond acceptors (Lipinski definition) is 6. The Morgan fingerprint density at radius 1 is 1.17 bits per heavy atom. The lowest BCUT2D eigenvalue weighted by molar-refractivity contribution is -0.119. The van der Waals surface area contributed by atoms with E-state index in [-0.39, 0.29) is 11.4 Å². The Hall–Kier alpha value is -3.52. The Bertz CT molecular complexity index is 1180. The normalized spacial score (nSPS) is 10.8. The number of benzene rings is 2.